The first kappa shape index (κ1) is 62.5. The molecule has 1 atom stereocenters. The Kier molecular flexibility index (Phi) is 42.3. The number of hydrazine groups is 1. The third-order valence-corrected chi connectivity index (χ3v) is 11.1. The number of ether oxygens (including phenoxy) is 1. The minimum atomic E-state index is -0.554. The number of methoxy groups -OCH3 is 1. The summed E-state index contributed by atoms with van der Waals surface area (Å²) in [7, 11) is 3.80. The maximum atomic E-state index is 12.5. The summed E-state index contributed by atoms with van der Waals surface area (Å²) in [5.74, 6) is 6.32. The van der Waals surface area contributed by atoms with Gasteiger partial charge >= 0.3 is 0 Å². The molecule has 64 heavy (non-hydrogen) atoms. The fraction of sp³-hybridized carbons (Fsp3) is 0.750. The van der Waals surface area contributed by atoms with E-state index < -0.39 is 5.92 Å². The third-order valence-electron chi connectivity index (χ3n) is 11.1. The highest BCUT2D eigenvalue weighted by Gasteiger charge is 2.21. The molecule has 1 fully saturated rings. The number of likely N-dealkylation sites (N-methyl/N-ethyl adjacent to an activating group) is 1. The monoisotopic (exact) mass is 901 g/mol. The number of hydrogen-bond acceptors (Lipinski definition) is 10. The van der Waals surface area contributed by atoms with Crippen LogP contribution in [0.1, 0.15) is 182 Å². The number of nitrogens with zero attached hydrogens (tertiary/aromatic N) is 3. The minimum absolute atomic E-state index is 0.00725. The van der Waals surface area contributed by atoms with Gasteiger partial charge in [0.05, 0.1) is 5.92 Å². The van der Waals surface area contributed by atoms with E-state index in [4.69, 9.17) is 16.3 Å². The van der Waals surface area contributed by atoms with Gasteiger partial charge in [-0.1, -0.05) is 110 Å². The first-order valence-corrected chi connectivity index (χ1v) is 25.2. The molecule has 1 aromatic carbocycles. The number of benzene rings is 1. The molecule has 1 aliphatic rings. The largest absolute Gasteiger partial charge is 0.401 e. The molecule has 0 aromatic heterocycles. The number of unbranched alkanes of at least 4 members (excludes halogenated alkanes) is 9. The van der Waals surface area contributed by atoms with Crippen LogP contribution in [0.5, 0.6) is 0 Å². The van der Waals surface area contributed by atoms with Crippen LogP contribution in [0, 0.1) is 11.8 Å². The van der Waals surface area contributed by atoms with Crippen LogP contribution in [-0.2, 0) is 35.1 Å². The van der Waals surface area contributed by atoms with Crippen molar-refractivity contribution in [2.75, 3.05) is 60.0 Å². The van der Waals surface area contributed by atoms with Gasteiger partial charge in [0.1, 0.15) is 17.3 Å². The lowest BCUT2D eigenvalue weighted by molar-refractivity contribution is -0.133. The third kappa shape index (κ3) is 35.7. The standard InChI is InChI=1S/C36H60N6O4.C12H24O2.2C2H6/c1-30(33(43)19-10-6-9-17-31-15-7-5-8-16-31)34(44)20-13-18-32(37)29-42(38)24-12-4-3-11-23-39-35(45)21-14-22-36(46)41-27-25-40(2)26-28-41;1-11(2)12(13)9-7-5-4-6-8-10-14-3;2*1-2/h5,7-8,15-16,29-30H,3-4,6,9-14,17-28,37-38H2,1-2H3,(H,39,45);11H,4-10H2,1-3H3;2*1-2H3/b32-29-;;;. The maximum absolute atomic E-state index is 12.5. The SMILES string of the molecule is CC.CC.CC(C(=O)CCCCCc1ccccc1)C(=O)CCC/C(N)=C/N(N)CCCCCCNC(=O)CCCC(=O)N1CCN(C)CC1.COCCCCCCCC(=O)C(C)C. The van der Waals surface area contributed by atoms with Crippen molar-refractivity contribution >= 4 is 29.2 Å². The summed E-state index contributed by atoms with van der Waals surface area (Å²) in [6, 6.07) is 10.3. The molecule has 0 radical (unpaired) electrons. The number of amides is 2. The minimum Gasteiger partial charge on any atom is -0.401 e. The van der Waals surface area contributed by atoms with Crippen LogP contribution in [-0.4, -0.2) is 104 Å². The van der Waals surface area contributed by atoms with Crippen LogP contribution < -0.4 is 16.9 Å². The molecule has 1 heterocycles. The molecule has 1 aliphatic heterocycles. The quantitative estimate of drug-likeness (QED) is 0.0267. The van der Waals surface area contributed by atoms with Gasteiger partial charge < -0.3 is 30.6 Å². The molecular formula is C52H96N6O6. The van der Waals surface area contributed by atoms with Crippen molar-refractivity contribution in [3.05, 3.63) is 47.8 Å². The fourth-order valence-corrected chi connectivity index (χ4v) is 6.94. The van der Waals surface area contributed by atoms with Gasteiger partial charge in [0, 0.05) is 103 Å². The number of allylic oxidation sites excluding steroid dienone is 1. The van der Waals surface area contributed by atoms with E-state index in [0.717, 1.165) is 103 Å². The molecule has 12 heteroatoms. The summed E-state index contributed by atoms with van der Waals surface area (Å²) in [6.07, 6.45) is 19.4. The molecule has 5 N–H and O–H groups in total. The zero-order chi connectivity index (χ0) is 48.4. The Bertz CT molecular complexity index is 1350. The summed E-state index contributed by atoms with van der Waals surface area (Å²) in [5, 5.41) is 4.54. The van der Waals surface area contributed by atoms with Gasteiger partial charge in [-0.05, 0) is 83.7 Å². The lowest BCUT2D eigenvalue weighted by Gasteiger charge is -2.32. The molecule has 1 unspecified atom stereocenters. The van der Waals surface area contributed by atoms with E-state index in [2.05, 4.69) is 29.4 Å². The van der Waals surface area contributed by atoms with Crippen LogP contribution in [0.15, 0.2) is 42.2 Å². The Morgan fingerprint density at radius 1 is 0.672 bits per heavy atom. The molecule has 1 aromatic rings. The van der Waals surface area contributed by atoms with Crippen LogP contribution in [0.2, 0.25) is 0 Å². The number of rotatable bonds is 33. The van der Waals surface area contributed by atoms with Crippen molar-refractivity contribution in [2.45, 2.75) is 183 Å². The van der Waals surface area contributed by atoms with Crippen molar-refractivity contribution < 1.29 is 28.7 Å². The van der Waals surface area contributed by atoms with E-state index in [9.17, 15) is 24.0 Å². The van der Waals surface area contributed by atoms with Gasteiger partial charge in [-0.3, -0.25) is 24.0 Å². The smallest absolute Gasteiger partial charge is 0.222 e. The summed E-state index contributed by atoms with van der Waals surface area (Å²) < 4.78 is 4.96. The number of ketones is 3. The number of nitrogens with one attached hydrogen (secondary N) is 1. The number of carbonyl (C=O) groups excluding carboxylic acids is 5. The molecule has 2 amide bonds. The summed E-state index contributed by atoms with van der Waals surface area (Å²) >= 11 is 0. The van der Waals surface area contributed by atoms with Crippen LogP contribution in [0.3, 0.4) is 0 Å². The molecule has 0 aliphatic carbocycles. The zero-order valence-corrected chi connectivity index (χ0v) is 42.4. The van der Waals surface area contributed by atoms with E-state index >= 15 is 0 Å². The van der Waals surface area contributed by atoms with Crippen LogP contribution >= 0.6 is 0 Å². The Labute approximate surface area is 391 Å². The van der Waals surface area contributed by atoms with Gasteiger partial charge in [-0.2, -0.15) is 0 Å². The molecule has 1 saturated heterocycles. The van der Waals surface area contributed by atoms with E-state index in [1.807, 2.05) is 64.6 Å². The number of Topliss-reactive ketones (excluding diaryl/α,β-unsaturated/α-hetero) is 3. The molecular weight excluding hydrogens is 805 g/mol. The number of hydrogen-bond donors (Lipinski definition) is 3. The second-order valence-corrected chi connectivity index (χ2v) is 16.9. The summed E-state index contributed by atoms with van der Waals surface area (Å²) in [5.41, 5.74) is 8.07. The average Bonchev–Trinajstić information content (AvgIpc) is 3.29. The first-order valence-electron chi connectivity index (χ1n) is 25.2. The second kappa shape index (κ2) is 43.3. The number of nitrogens with two attached hydrogens (primary N) is 2. The van der Waals surface area contributed by atoms with E-state index in [1.54, 1.807) is 25.2 Å². The number of aryl methyl sites for hydroxylation is 1. The van der Waals surface area contributed by atoms with E-state index in [0.29, 0.717) is 69.5 Å². The Morgan fingerprint density at radius 2 is 1.20 bits per heavy atom. The lowest BCUT2D eigenvalue weighted by Crippen LogP contribution is -2.47. The van der Waals surface area contributed by atoms with E-state index in [-0.39, 0.29) is 29.3 Å². The Balaban J connectivity index is 0. The number of piperazine rings is 1. The zero-order valence-electron chi connectivity index (χ0n) is 42.4. The highest BCUT2D eigenvalue weighted by Crippen LogP contribution is 2.15. The van der Waals surface area contributed by atoms with Crippen molar-refractivity contribution in [3.8, 4) is 0 Å². The van der Waals surface area contributed by atoms with Crippen LogP contribution in [0.25, 0.3) is 0 Å². The topological polar surface area (TPSA) is 168 Å². The fourth-order valence-electron chi connectivity index (χ4n) is 6.94. The van der Waals surface area contributed by atoms with Crippen molar-refractivity contribution in [2.24, 2.45) is 23.4 Å². The predicted octanol–water partition coefficient (Wildman–Crippen LogP) is 9.58. The predicted molar refractivity (Wildman–Crippen MR) is 266 cm³/mol. The second-order valence-electron chi connectivity index (χ2n) is 16.9. The highest BCUT2D eigenvalue weighted by atomic mass is 16.5. The summed E-state index contributed by atoms with van der Waals surface area (Å²) in [6.45, 7) is 19.2. The molecule has 370 valence electrons. The van der Waals surface area contributed by atoms with Gasteiger partial charge in [-0.15, -0.1) is 0 Å². The average molecular weight is 901 g/mol. The van der Waals surface area contributed by atoms with Gasteiger partial charge in [0.2, 0.25) is 11.8 Å². The van der Waals surface area contributed by atoms with Gasteiger partial charge in [0.15, 0.2) is 0 Å². The summed E-state index contributed by atoms with van der Waals surface area (Å²) in [4.78, 5) is 64.7. The van der Waals surface area contributed by atoms with Crippen molar-refractivity contribution in [3.63, 3.8) is 0 Å². The van der Waals surface area contributed by atoms with Crippen LogP contribution in [0.4, 0.5) is 0 Å². The van der Waals surface area contributed by atoms with E-state index in [1.165, 1.54) is 24.8 Å². The van der Waals surface area contributed by atoms with Crippen molar-refractivity contribution in [1.29, 1.82) is 0 Å². The molecule has 12 nitrogen and oxygen atoms in total. The Morgan fingerprint density at radius 3 is 1.83 bits per heavy atom. The molecule has 0 saturated carbocycles. The molecule has 0 spiro atoms. The first-order chi connectivity index (χ1) is 30.8. The molecule has 2 rings (SSSR count). The molecule has 0 bridgehead atoms. The normalized spacial score (nSPS) is 13.0. The van der Waals surface area contributed by atoms with Crippen molar-refractivity contribution in [1.82, 2.24) is 20.1 Å². The highest BCUT2D eigenvalue weighted by molar-refractivity contribution is 6.01. The Hall–Kier alpha value is -3.61. The van der Waals surface area contributed by atoms with Gasteiger partial charge in [-0.25, -0.2) is 5.84 Å². The number of carbonyl (C=O) groups is 5. The lowest BCUT2D eigenvalue weighted by atomic mass is 9.93. The van der Waals surface area contributed by atoms with Gasteiger partial charge in [0.25, 0.3) is 0 Å². The maximum Gasteiger partial charge on any atom is 0.222 e.